The zero-order valence-corrected chi connectivity index (χ0v) is 18.2. The van der Waals surface area contributed by atoms with Crippen molar-refractivity contribution >= 4 is 31.6 Å². The molecule has 0 aromatic heterocycles. The average molecular weight is 450 g/mol. The van der Waals surface area contributed by atoms with Crippen LogP contribution in [0.5, 0.6) is 0 Å². The molecule has 30 heavy (non-hydrogen) atoms. The second kappa shape index (κ2) is 7.77. The number of carbonyl (C=O) groups is 1. The summed E-state index contributed by atoms with van der Waals surface area (Å²) in [6, 6.07) is 10.8. The molecule has 1 fully saturated rings. The summed E-state index contributed by atoms with van der Waals surface area (Å²) >= 11 is 0. The van der Waals surface area contributed by atoms with Crippen LogP contribution in [0.15, 0.2) is 52.3 Å². The van der Waals surface area contributed by atoms with E-state index in [1.807, 2.05) is 0 Å². The first-order chi connectivity index (χ1) is 14.2. The van der Waals surface area contributed by atoms with Gasteiger partial charge < -0.3 is 4.90 Å². The molecule has 2 aliphatic rings. The number of rotatable bonds is 5. The number of hydrogen-bond acceptors (Lipinski definition) is 5. The first-order valence-electron chi connectivity index (χ1n) is 9.72. The fraction of sp³-hybridized carbons (Fsp3) is 0.350. The first-order valence-corrected chi connectivity index (χ1v) is 12.6. The molecule has 2 aromatic rings. The van der Waals surface area contributed by atoms with E-state index < -0.39 is 20.0 Å². The number of amides is 1. The second-order valence-corrected chi connectivity index (χ2v) is 11.2. The van der Waals surface area contributed by atoms with Crippen LogP contribution in [0.4, 0.5) is 5.69 Å². The van der Waals surface area contributed by atoms with E-state index in [9.17, 15) is 21.6 Å². The monoisotopic (exact) mass is 449 g/mol. The van der Waals surface area contributed by atoms with E-state index in [1.165, 1.54) is 29.6 Å². The summed E-state index contributed by atoms with van der Waals surface area (Å²) in [6.45, 7) is 1.40. The van der Waals surface area contributed by atoms with E-state index >= 15 is 0 Å². The van der Waals surface area contributed by atoms with Crippen LogP contribution in [0, 0.1) is 0 Å². The molecule has 0 bridgehead atoms. The topological polar surface area (TPSA) is 104 Å². The number of hydrogen-bond donors (Lipinski definition) is 1. The van der Waals surface area contributed by atoms with Crippen molar-refractivity contribution in [2.75, 3.05) is 31.6 Å². The Morgan fingerprint density at radius 2 is 1.67 bits per heavy atom. The van der Waals surface area contributed by atoms with Crippen LogP contribution in [0.1, 0.15) is 28.8 Å². The highest BCUT2D eigenvalue weighted by Crippen LogP contribution is 2.32. The Morgan fingerprint density at radius 3 is 2.37 bits per heavy atom. The fourth-order valence-corrected chi connectivity index (χ4v) is 6.24. The van der Waals surface area contributed by atoms with Crippen LogP contribution < -0.4 is 9.62 Å². The zero-order valence-electron chi connectivity index (χ0n) is 16.5. The van der Waals surface area contributed by atoms with Gasteiger partial charge >= 0.3 is 0 Å². The standard InChI is InChI=1S/C20H23N3O5S2/c1-21-29(25,26)17-7-8-19-15(13-17)9-12-23(19)20(24)16-5-4-6-18(14-16)30(27,28)22-10-2-3-11-22/h4-8,13-14,21H,2-3,9-12H2,1H3. The zero-order chi connectivity index (χ0) is 21.5. The minimum atomic E-state index is -3.61. The summed E-state index contributed by atoms with van der Waals surface area (Å²) in [4.78, 5) is 15.0. The average Bonchev–Trinajstić information content (AvgIpc) is 3.43. The molecule has 10 heteroatoms. The molecular formula is C20H23N3O5S2. The van der Waals surface area contributed by atoms with Crippen molar-refractivity contribution in [3.8, 4) is 0 Å². The molecule has 2 heterocycles. The minimum Gasteiger partial charge on any atom is -0.308 e. The van der Waals surface area contributed by atoms with Gasteiger partial charge in [-0.3, -0.25) is 4.79 Å². The summed E-state index contributed by atoms with van der Waals surface area (Å²) in [7, 11) is -5.83. The van der Waals surface area contributed by atoms with Crippen LogP contribution in [0.2, 0.25) is 0 Å². The van der Waals surface area contributed by atoms with Gasteiger partial charge in [-0.25, -0.2) is 21.6 Å². The Balaban J connectivity index is 1.63. The molecule has 0 aliphatic carbocycles. The fourth-order valence-electron chi connectivity index (χ4n) is 3.90. The third-order valence-electron chi connectivity index (χ3n) is 5.55. The molecule has 0 unspecified atom stereocenters. The van der Waals surface area contributed by atoms with Crippen molar-refractivity contribution in [1.82, 2.24) is 9.03 Å². The maximum Gasteiger partial charge on any atom is 0.258 e. The number of sulfonamides is 2. The Hall–Kier alpha value is -2.27. The van der Waals surface area contributed by atoms with Gasteiger partial charge in [0.15, 0.2) is 0 Å². The summed E-state index contributed by atoms with van der Waals surface area (Å²) in [5.74, 6) is -0.309. The number of carbonyl (C=O) groups excluding carboxylic acids is 1. The van der Waals surface area contributed by atoms with Crippen LogP contribution in [0.25, 0.3) is 0 Å². The van der Waals surface area contributed by atoms with E-state index in [1.54, 1.807) is 29.2 Å². The summed E-state index contributed by atoms with van der Waals surface area (Å²) in [5.41, 5.74) is 1.69. The maximum atomic E-state index is 13.1. The number of nitrogens with zero attached hydrogens (tertiary/aromatic N) is 2. The van der Waals surface area contributed by atoms with Gasteiger partial charge in [0.2, 0.25) is 20.0 Å². The molecule has 2 aromatic carbocycles. The van der Waals surface area contributed by atoms with Crippen molar-refractivity contribution in [2.45, 2.75) is 29.1 Å². The molecular weight excluding hydrogens is 426 g/mol. The van der Waals surface area contributed by atoms with Crippen molar-refractivity contribution in [3.63, 3.8) is 0 Å². The lowest BCUT2D eigenvalue weighted by molar-refractivity contribution is 0.0989. The molecule has 1 amide bonds. The Kier molecular flexibility index (Phi) is 5.43. The molecule has 0 spiro atoms. The Bertz CT molecular complexity index is 1200. The van der Waals surface area contributed by atoms with Crippen LogP contribution in [0.3, 0.4) is 0 Å². The van der Waals surface area contributed by atoms with Crippen LogP contribution >= 0.6 is 0 Å². The van der Waals surface area contributed by atoms with Gasteiger partial charge in [0.25, 0.3) is 5.91 Å². The quantitative estimate of drug-likeness (QED) is 0.746. The number of anilines is 1. The molecule has 0 atom stereocenters. The first kappa shape index (κ1) is 21.0. The second-order valence-electron chi connectivity index (χ2n) is 7.34. The highest BCUT2D eigenvalue weighted by molar-refractivity contribution is 7.89. The molecule has 1 N–H and O–H groups in total. The van der Waals surface area contributed by atoms with E-state index in [2.05, 4.69) is 4.72 Å². The van der Waals surface area contributed by atoms with Crippen molar-refractivity contribution in [3.05, 3.63) is 53.6 Å². The van der Waals surface area contributed by atoms with E-state index in [0.717, 1.165) is 18.4 Å². The van der Waals surface area contributed by atoms with Gasteiger partial charge in [0.1, 0.15) is 0 Å². The highest BCUT2D eigenvalue weighted by Gasteiger charge is 2.30. The third kappa shape index (κ3) is 3.64. The van der Waals surface area contributed by atoms with E-state index in [-0.39, 0.29) is 21.3 Å². The number of fused-ring (bicyclic) bond motifs is 1. The van der Waals surface area contributed by atoms with Crippen LogP contribution in [-0.4, -0.2) is 53.7 Å². The molecule has 0 radical (unpaired) electrons. The van der Waals surface area contributed by atoms with Gasteiger partial charge in [-0.05, 0) is 68.3 Å². The van der Waals surface area contributed by atoms with Crippen molar-refractivity contribution in [1.29, 1.82) is 0 Å². The maximum absolute atomic E-state index is 13.1. The molecule has 160 valence electrons. The van der Waals surface area contributed by atoms with E-state index in [0.29, 0.717) is 31.7 Å². The van der Waals surface area contributed by atoms with Crippen molar-refractivity contribution in [2.24, 2.45) is 0 Å². The summed E-state index contributed by atoms with van der Waals surface area (Å²) in [5, 5.41) is 0. The molecule has 0 saturated carbocycles. The van der Waals surface area contributed by atoms with Crippen molar-refractivity contribution < 1.29 is 21.6 Å². The van der Waals surface area contributed by atoms with Gasteiger partial charge in [0, 0.05) is 30.9 Å². The third-order valence-corrected chi connectivity index (χ3v) is 8.86. The lowest BCUT2D eigenvalue weighted by atomic mass is 10.1. The molecule has 2 aliphatic heterocycles. The normalized spacial score (nSPS) is 17.3. The van der Waals surface area contributed by atoms with Gasteiger partial charge in [0.05, 0.1) is 9.79 Å². The number of nitrogens with one attached hydrogen (secondary N) is 1. The van der Waals surface area contributed by atoms with E-state index in [4.69, 9.17) is 0 Å². The van der Waals surface area contributed by atoms with Gasteiger partial charge in [-0.2, -0.15) is 4.31 Å². The molecule has 1 saturated heterocycles. The summed E-state index contributed by atoms with van der Waals surface area (Å²) < 4.78 is 53.4. The Morgan fingerprint density at radius 1 is 0.933 bits per heavy atom. The smallest absolute Gasteiger partial charge is 0.258 e. The molecule has 4 rings (SSSR count). The minimum absolute atomic E-state index is 0.116. The van der Waals surface area contributed by atoms with Gasteiger partial charge in [-0.15, -0.1) is 0 Å². The lowest BCUT2D eigenvalue weighted by Crippen LogP contribution is -2.30. The Labute approximate surface area is 176 Å². The SMILES string of the molecule is CNS(=O)(=O)c1ccc2c(c1)CCN2C(=O)c1cccc(S(=O)(=O)N2CCCC2)c1. The lowest BCUT2D eigenvalue weighted by Gasteiger charge is -2.19. The predicted octanol–water partition coefficient (Wildman–Crippen LogP) is 1.58. The molecule has 8 nitrogen and oxygen atoms in total. The van der Waals surface area contributed by atoms with Crippen LogP contribution in [-0.2, 0) is 26.5 Å². The van der Waals surface area contributed by atoms with Gasteiger partial charge in [-0.1, -0.05) is 6.07 Å². The summed E-state index contributed by atoms with van der Waals surface area (Å²) in [6.07, 6.45) is 2.21. The predicted molar refractivity (Wildman–Crippen MR) is 113 cm³/mol. The number of benzene rings is 2. The largest absolute Gasteiger partial charge is 0.308 e. The highest BCUT2D eigenvalue weighted by atomic mass is 32.2.